The standard InChI is InChI=1S/C16H17N3/c1-10(2)14-9-15(19-17)13-8-7-11-5-3-4-6-12(11)16(13)18-14/h3-10H,17H2,1-2H3,(H,18,19). The molecular formula is C16H17N3. The van der Waals surface area contributed by atoms with Gasteiger partial charge in [-0.3, -0.25) is 10.8 Å². The van der Waals surface area contributed by atoms with Crippen molar-refractivity contribution in [1.29, 1.82) is 0 Å². The molecular weight excluding hydrogens is 234 g/mol. The van der Waals surface area contributed by atoms with Crippen LogP contribution in [0.25, 0.3) is 21.7 Å². The van der Waals surface area contributed by atoms with Gasteiger partial charge in [-0.1, -0.05) is 50.2 Å². The van der Waals surface area contributed by atoms with Crippen LogP contribution >= 0.6 is 0 Å². The predicted octanol–water partition coefficient (Wildman–Crippen LogP) is 3.80. The molecule has 3 nitrogen and oxygen atoms in total. The van der Waals surface area contributed by atoms with Gasteiger partial charge in [0.1, 0.15) is 0 Å². The van der Waals surface area contributed by atoms with Crippen LogP contribution < -0.4 is 11.3 Å². The number of benzene rings is 2. The van der Waals surface area contributed by atoms with E-state index in [-0.39, 0.29) is 0 Å². The molecule has 1 heterocycles. The molecule has 0 fully saturated rings. The van der Waals surface area contributed by atoms with E-state index in [1.54, 1.807) is 0 Å². The van der Waals surface area contributed by atoms with Crippen molar-refractivity contribution in [2.24, 2.45) is 5.84 Å². The van der Waals surface area contributed by atoms with Crippen molar-refractivity contribution in [2.45, 2.75) is 19.8 Å². The van der Waals surface area contributed by atoms with Crippen LogP contribution in [0.1, 0.15) is 25.5 Å². The fourth-order valence-corrected chi connectivity index (χ4v) is 2.40. The second-order valence-electron chi connectivity index (χ2n) is 5.08. The van der Waals surface area contributed by atoms with Crippen LogP contribution in [0.3, 0.4) is 0 Å². The molecule has 96 valence electrons. The molecule has 2 aromatic carbocycles. The monoisotopic (exact) mass is 251 g/mol. The predicted molar refractivity (Wildman–Crippen MR) is 81.1 cm³/mol. The van der Waals surface area contributed by atoms with Crippen molar-refractivity contribution >= 4 is 27.4 Å². The summed E-state index contributed by atoms with van der Waals surface area (Å²) in [4.78, 5) is 4.82. The zero-order chi connectivity index (χ0) is 13.4. The number of anilines is 1. The number of aromatic nitrogens is 1. The number of hydrogen-bond acceptors (Lipinski definition) is 3. The first-order valence-electron chi connectivity index (χ1n) is 6.49. The molecule has 0 spiro atoms. The van der Waals surface area contributed by atoms with Crippen molar-refractivity contribution in [3.05, 3.63) is 48.2 Å². The highest BCUT2D eigenvalue weighted by Crippen LogP contribution is 2.30. The van der Waals surface area contributed by atoms with Crippen molar-refractivity contribution in [3.8, 4) is 0 Å². The van der Waals surface area contributed by atoms with Gasteiger partial charge in [0, 0.05) is 16.5 Å². The lowest BCUT2D eigenvalue weighted by Crippen LogP contribution is -2.09. The van der Waals surface area contributed by atoms with Gasteiger partial charge in [-0.25, -0.2) is 0 Å². The Bertz CT molecular complexity index is 747. The second kappa shape index (κ2) is 4.52. The largest absolute Gasteiger partial charge is 0.323 e. The van der Waals surface area contributed by atoms with Crippen molar-refractivity contribution < 1.29 is 0 Å². The molecule has 0 amide bonds. The van der Waals surface area contributed by atoms with Gasteiger partial charge in [0.2, 0.25) is 0 Å². The van der Waals surface area contributed by atoms with E-state index in [0.717, 1.165) is 22.3 Å². The topological polar surface area (TPSA) is 50.9 Å². The smallest absolute Gasteiger partial charge is 0.0805 e. The Morgan fingerprint density at radius 3 is 2.58 bits per heavy atom. The number of pyridine rings is 1. The Hall–Kier alpha value is -2.13. The van der Waals surface area contributed by atoms with Crippen LogP contribution in [-0.2, 0) is 0 Å². The van der Waals surface area contributed by atoms with Crippen LogP contribution in [0.4, 0.5) is 5.69 Å². The van der Waals surface area contributed by atoms with Crippen LogP contribution in [0.2, 0.25) is 0 Å². The summed E-state index contributed by atoms with van der Waals surface area (Å²) in [6.45, 7) is 4.28. The Morgan fingerprint density at radius 2 is 1.84 bits per heavy atom. The van der Waals surface area contributed by atoms with Gasteiger partial charge in [-0.05, 0) is 17.4 Å². The van der Waals surface area contributed by atoms with Gasteiger partial charge in [0.05, 0.1) is 11.2 Å². The molecule has 3 N–H and O–H groups in total. The Morgan fingerprint density at radius 1 is 1.05 bits per heavy atom. The molecule has 0 saturated heterocycles. The lowest BCUT2D eigenvalue weighted by Gasteiger charge is -2.12. The second-order valence-corrected chi connectivity index (χ2v) is 5.08. The van der Waals surface area contributed by atoms with E-state index in [1.807, 2.05) is 18.2 Å². The molecule has 0 radical (unpaired) electrons. The number of nitrogen functional groups attached to an aromatic ring is 1. The van der Waals surface area contributed by atoms with E-state index in [4.69, 9.17) is 10.8 Å². The fourth-order valence-electron chi connectivity index (χ4n) is 2.40. The molecule has 3 aromatic rings. The Kier molecular flexibility index (Phi) is 2.84. The van der Waals surface area contributed by atoms with E-state index >= 15 is 0 Å². The minimum Gasteiger partial charge on any atom is -0.323 e. The Balaban J connectivity index is 2.46. The molecule has 19 heavy (non-hydrogen) atoms. The fraction of sp³-hybridized carbons (Fsp3) is 0.188. The number of nitrogens with one attached hydrogen (secondary N) is 1. The normalized spacial score (nSPS) is 11.4. The summed E-state index contributed by atoms with van der Waals surface area (Å²) in [7, 11) is 0. The lowest BCUT2D eigenvalue weighted by molar-refractivity contribution is 0.830. The first-order chi connectivity index (χ1) is 9.20. The van der Waals surface area contributed by atoms with Gasteiger partial charge in [0.25, 0.3) is 0 Å². The molecule has 0 aliphatic rings. The van der Waals surface area contributed by atoms with Gasteiger partial charge < -0.3 is 5.43 Å². The molecule has 0 unspecified atom stereocenters. The van der Waals surface area contributed by atoms with Crippen LogP contribution in [0.15, 0.2) is 42.5 Å². The van der Waals surface area contributed by atoms with E-state index in [0.29, 0.717) is 5.92 Å². The number of rotatable bonds is 2. The maximum absolute atomic E-state index is 5.65. The summed E-state index contributed by atoms with van der Waals surface area (Å²) < 4.78 is 0. The summed E-state index contributed by atoms with van der Waals surface area (Å²) in [6, 6.07) is 14.5. The maximum Gasteiger partial charge on any atom is 0.0805 e. The summed E-state index contributed by atoms with van der Waals surface area (Å²) in [5.74, 6) is 6.02. The van der Waals surface area contributed by atoms with Crippen molar-refractivity contribution in [2.75, 3.05) is 5.43 Å². The highest BCUT2D eigenvalue weighted by molar-refractivity contribution is 6.09. The summed E-state index contributed by atoms with van der Waals surface area (Å²) in [6.07, 6.45) is 0. The number of hydrazine groups is 1. The van der Waals surface area contributed by atoms with Crippen LogP contribution in [0, 0.1) is 0 Å². The van der Waals surface area contributed by atoms with Crippen LogP contribution in [0.5, 0.6) is 0 Å². The van der Waals surface area contributed by atoms with Crippen LogP contribution in [-0.4, -0.2) is 4.98 Å². The lowest BCUT2D eigenvalue weighted by atomic mass is 10.0. The quantitative estimate of drug-likeness (QED) is 0.414. The van der Waals surface area contributed by atoms with Gasteiger partial charge in [-0.2, -0.15) is 0 Å². The van der Waals surface area contributed by atoms with E-state index < -0.39 is 0 Å². The molecule has 3 heteroatoms. The maximum atomic E-state index is 5.65. The third-order valence-corrected chi connectivity index (χ3v) is 3.47. The van der Waals surface area contributed by atoms with Crippen molar-refractivity contribution in [3.63, 3.8) is 0 Å². The zero-order valence-electron chi connectivity index (χ0n) is 11.1. The summed E-state index contributed by atoms with van der Waals surface area (Å²) in [5.41, 5.74) is 5.78. The van der Waals surface area contributed by atoms with E-state index in [1.165, 1.54) is 10.8 Å². The average Bonchev–Trinajstić information content (AvgIpc) is 2.45. The minimum absolute atomic E-state index is 0.371. The third kappa shape index (κ3) is 1.92. The van der Waals surface area contributed by atoms with E-state index in [2.05, 4.69) is 43.5 Å². The van der Waals surface area contributed by atoms with Gasteiger partial charge >= 0.3 is 0 Å². The molecule has 0 saturated carbocycles. The number of nitrogens with two attached hydrogens (primary N) is 1. The van der Waals surface area contributed by atoms with Gasteiger partial charge in [0.15, 0.2) is 0 Å². The van der Waals surface area contributed by atoms with E-state index in [9.17, 15) is 0 Å². The van der Waals surface area contributed by atoms with Gasteiger partial charge in [-0.15, -0.1) is 0 Å². The van der Waals surface area contributed by atoms with Crippen molar-refractivity contribution in [1.82, 2.24) is 4.98 Å². The minimum atomic E-state index is 0.371. The zero-order valence-corrected chi connectivity index (χ0v) is 11.1. The molecule has 0 bridgehead atoms. The highest BCUT2D eigenvalue weighted by Gasteiger charge is 2.10. The molecule has 0 aliphatic carbocycles. The molecule has 3 rings (SSSR count). The third-order valence-electron chi connectivity index (χ3n) is 3.47. The molecule has 1 aromatic heterocycles. The molecule has 0 aliphatic heterocycles. The summed E-state index contributed by atoms with van der Waals surface area (Å²) >= 11 is 0. The average molecular weight is 251 g/mol. The number of hydrogen-bond donors (Lipinski definition) is 2. The SMILES string of the molecule is CC(C)c1cc(NN)c2ccc3ccccc3c2n1. The first kappa shape index (κ1) is 11.9. The summed E-state index contributed by atoms with van der Waals surface area (Å²) in [5, 5.41) is 3.43. The number of nitrogens with zero attached hydrogens (tertiary/aromatic N) is 1. The Labute approximate surface area is 112 Å². The number of fused-ring (bicyclic) bond motifs is 3. The molecule has 0 atom stereocenters. The highest BCUT2D eigenvalue weighted by atomic mass is 15.2. The first-order valence-corrected chi connectivity index (χ1v) is 6.49.